The molecule has 0 unspecified atom stereocenters. The number of imidazole rings is 1. The third-order valence-electron chi connectivity index (χ3n) is 6.37. The first-order valence-corrected chi connectivity index (χ1v) is 11.7. The number of H-pyrrole nitrogens is 2. The Balaban J connectivity index is 1.37. The van der Waals surface area contributed by atoms with E-state index in [9.17, 15) is 9.90 Å². The first-order valence-electron chi connectivity index (χ1n) is 11.7. The number of nitrogens with one attached hydrogen (secondary N) is 4. The van der Waals surface area contributed by atoms with E-state index in [4.69, 9.17) is 9.98 Å². The van der Waals surface area contributed by atoms with Crippen molar-refractivity contribution in [2.24, 2.45) is 4.99 Å². The van der Waals surface area contributed by atoms with E-state index in [2.05, 4.69) is 50.0 Å². The molecule has 0 bridgehead atoms. The van der Waals surface area contributed by atoms with Gasteiger partial charge in [-0.15, -0.1) is 0 Å². The van der Waals surface area contributed by atoms with Gasteiger partial charge in [0.25, 0.3) is 0 Å². The Morgan fingerprint density at radius 3 is 2.62 bits per heavy atom. The van der Waals surface area contributed by atoms with Crippen molar-refractivity contribution in [2.45, 2.75) is 37.6 Å². The molecule has 0 spiro atoms. The molecule has 1 aromatic carbocycles. The lowest BCUT2D eigenvalue weighted by Gasteiger charge is -2.23. The third-order valence-corrected chi connectivity index (χ3v) is 6.37. The Bertz CT molecular complexity index is 1510. The van der Waals surface area contributed by atoms with Crippen LogP contribution in [-0.4, -0.2) is 48.8 Å². The summed E-state index contributed by atoms with van der Waals surface area (Å²) in [6.45, 7) is 2.14. The summed E-state index contributed by atoms with van der Waals surface area (Å²) in [6, 6.07) is 10.8. The van der Waals surface area contributed by atoms with Gasteiger partial charge in [0.05, 0.1) is 12.2 Å². The molecule has 3 aromatic heterocycles. The van der Waals surface area contributed by atoms with Crippen LogP contribution >= 0.6 is 0 Å². The van der Waals surface area contributed by atoms with Gasteiger partial charge in [0.2, 0.25) is 5.88 Å². The number of aromatic hydroxyl groups is 1. The molecule has 1 saturated carbocycles. The van der Waals surface area contributed by atoms with Crippen molar-refractivity contribution in [1.29, 1.82) is 0 Å². The zero-order valence-corrected chi connectivity index (χ0v) is 18.6. The highest BCUT2D eigenvalue weighted by Gasteiger charge is 2.20. The molecule has 2 fully saturated rings. The molecule has 4 aromatic rings. The number of anilines is 2. The summed E-state index contributed by atoms with van der Waals surface area (Å²) in [5.41, 5.74) is 3.41. The molecule has 4 heterocycles. The van der Waals surface area contributed by atoms with Crippen LogP contribution in [0.3, 0.4) is 0 Å². The van der Waals surface area contributed by atoms with Crippen molar-refractivity contribution in [3.63, 3.8) is 0 Å². The number of fused-ring (bicyclic) bond motifs is 1. The van der Waals surface area contributed by atoms with E-state index in [0.29, 0.717) is 34.1 Å². The number of hydrogen-bond acceptors (Lipinski definition) is 7. The third kappa shape index (κ3) is 4.19. The van der Waals surface area contributed by atoms with Crippen molar-refractivity contribution < 1.29 is 5.11 Å². The highest BCUT2D eigenvalue weighted by molar-refractivity contribution is 5.61. The van der Waals surface area contributed by atoms with Gasteiger partial charge in [0, 0.05) is 17.0 Å². The smallest absolute Gasteiger partial charge is 0.326 e. The van der Waals surface area contributed by atoms with Crippen LogP contribution in [0.4, 0.5) is 11.5 Å². The molecule has 0 radical (unpaired) electrons. The number of nitrogens with zero attached hydrogens (tertiary/aromatic N) is 4. The topological polar surface area (TPSA) is 135 Å². The summed E-state index contributed by atoms with van der Waals surface area (Å²) in [7, 11) is 0. The number of aromatic nitrogens is 5. The van der Waals surface area contributed by atoms with Crippen LogP contribution in [-0.2, 0) is 0 Å². The van der Waals surface area contributed by atoms with Crippen LogP contribution < -0.4 is 27.0 Å². The molecule has 6 rings (SSSR count). The van der Waals surface area contributed by atoms with Gasteiger partial charge in [-0.25, -0.2) is 9.78 Å². The SMILES string of the molecule is O=c1[nH]c(O)c(C=c2cnn3c(=NC4CC4)cc(Nc4ccc(C5CCNCC5)cc4)nc23)[nH]1. The lowest BCUT2D eigenvalue weighted by molar-refractivity contribution is 0.454. The Labute approximate surface area is 194 Å². The number of aromatic amines is 2. The summed E-state index contributed by atoms with van der Waals surface area (Å²) in [5.74, 6) is 1.04. The standard InChI is InChI=1S/C24H26N8O2/c33-23-19(29-24(34)31-23)11-16-13-26-32-21(28-18-5-6-18)12-20(30-22(16)32)27-17-3-1-14(2-4-17)15-7-9-25-10-8-15/h1-4,11-13,15,18,25,27,33H,5-10H2,(H2,29,31,34). The van der Waals surface area contributed by atoms with Gasteiger partial charge in [0.1, 0.15) is 11.5 Å². The first-order chi connectivity index (χ1) is 16.6. The molecule has 174 valence electrons. The largest absolute Gasteiger partial charge is 0.493 e. The van der Waals surface area contributed by atoms with Gasteiger partial charge < -0.3 is 20.7 Å². The van der Waals surface area contributed by atoms with Gasteiger partial charge in [-0.2, -0.15) is 9.61 Å². The van der Waals surface area contributed by atoms with Crippen LogP contribution in [0.25, 0.3) is 11.7 Å². The molecular formula is C24H26N8O2. The van der Waals surface area contributed by atoms with Crippen molar-refractivity contribution in [1.82, 2.24) is 29.9 Å². The fourth-order valence-electron chi connectivity index (χ4n) is 4.40. The fourth-order valence-corrected chi connectivity index (χ4v) is 4.40. The van der Waals surface area contributed by atoms with Crippen LogP contribution in [0.15, 0.2) is 46.3 Å². The lowest BCUT2D eigenvalue weighted by Crippen LogP contribution is -2.26. The Morgan fingerprint density at radius 1 is 1.12 bits per heavy atom. The zero-order chi connectivity index (χ0) is 23.1. The molecular weight excluding hydrogens is 432 g/mol. The van der Waals surface area contributed by atoms with E-state index in [0.717, 1.165) is 31.6 Å². The summed E-state index contributed by atoms with van der Waals surface area (Å²) < 4.78 is 1.69. The van der Waals surface area contributed by atoms with E-state index >= 15 is 0 Å². The maximum atomic E-state index is 11.5. The second-order valence-corrected chi connectivity index (χ2v) is 8.95. The zero-order valence-electron chi connectivity index (χ0n) is 18.6. The van der Waals surface area contributed by atoms with Crippen molar-refractivity contribution in [2.75, 3.05) is 18.4 Å². The van der Waals surface area contributed by atoms with Gasteiger partial charge in [-0.1, -0.05) is 12.1 Å². The van der Waals surface area contributed by atoms with Crippen LogP contribution in [0.1, 0.15) is 42.9 Å². The molecule has 34 heavy (non-hydrogen) atoms. The molecule has 1 aliphatic carbocycles. The summed E-state index contributed by atoms with van der Waals surface area (Å²) in [6.07, 6.45) is 7.77. The second kappa shape index (κ2) is 8.45. The average molecular weight is 459 g/mol. The van der Waals surface area contributed by atoms with E-state index < -0.39 is 5.69 Å². The van der Waals surface area contributed by atoms with Crippen LogP contribution in [0.2, 0.25) is 0 Å². The van der Waals surface area contributed by atoms with Crippen LogP contribution in [0, 0.1) is 0 Å². The minimum Gasteiger partial charge on any atom is -0.493 e. The predicted molar refractivity (Wildman–Crippen MR) is 128 cm³/mol. The Hall–Kier alpha value is -3.92. The molecule has 1 aliphatic heterocycles. The monoisotopic (exact) mass is 458 g/mol. The maximum absolute atomic E-state index is 11.5. The quantitative estimate of drug-likeness (QED) is 0.306. The molecule has 5 N–H and O–H groups in total. The second-order valence-electron chi connectivity index (χ2n) is 8.95. The molecule has 2 aliphatic rings. The molecule has 10 heteroatoms. The number of hydrogen-bond donors (Lipinski definition) is 5. The normalized spacial score (nSPS) is 18.1. The number of benzene rings is 1. The Kier molecular flexibility index (Phi) is 5.14. The first kappa shape index (κ1) is 20.7. The highest BCUT2D eigenvalue weighted by Crippen LogP contribution is 2.27. The average Bonchev–Trinajstić information content (AvgIpc) is 3.48. The minimum absolute atomic E-state index is 0.227. The van der Waals surface area contributed by atoms with Crippen molar-refractivity contribution in [3.05, 3.63) is 69.0 Å². The van der Waals surface area contributed by atoms with Gasteiger partial charge in [0.15, 0.2) is 11.1 Å². The van der Waals surface area contributed by atoms with E-state index in [1.165, 1.54) is 18.4 Å². The van der Waals surface area contributed by atoms with Gasteiger partial charge in [-0.3, -0.25) is 9.98 Å². The minimum atomic E-state index is -0.479. The summed E-state index contributed by atoms with van der Waals surface area (Å²) in [4.78, 5) is 26.0. The number of rotatable bonds is 5. The lowest BCUT2D eigenvalue weighted by atomic mass is 9.90. The Morgan fingerprint density at radius 2 is 1.91 bits per heavy atom. The maximum Gasteiger partial charge on any atom is 0.326 e. The highest BCUT2D eigenvalue weighted by atomic mass is 16.3. The van der Waals surface area contributed by atoms with Crippen LogP contribution in [0.5, 0.6) is 5.88 Å². The van der Waals surface area contributed by atoms with Crippen molar-refractivity contribution >= 4 is 23.2 Å². The number of piperidine rings is 1. The molecule has 0 atom stereocenters. The van der Waals surface area contributed by atoms with Gasteiger partial charge in [-0.05, 0) is 68.5 Å². The molecule has 0 amide bonds. The van der Waals surface area contributed by atoms with E-state index in [-0.39, 0.29) is 11.6 Å². The summed E-state index contributed by atoms with van der Waals surface area (Å²) >= 11 is 0. The molecule has 1 saturated heterocycles. The predicted octanol–water partition coefficient (Wildman–Crippen LogP) is 1.27. The van der Waals surface area contributed by atoms with E-state index in [1.54, 1.807) is 16.8 Å². The van der Waals surface area contributed by atoms with Crippen molar-refractivity contribution in [3.8, 4) is 5.88 Å². The molecule has 10 nitrogen and oxygen atoms in total. The van der Waals surface area contributed by atoms with Gasteiger partial charge >= 0.3 is 5.69 Å². The summed E-state index contributed by atoms with van der Waals surface area (Å²) in [5, 5.41) is 21.9. The van der Waals surface area contributed by atoms with E-state index in [1.807, 2.05) is 6.07 Å². The fraction of sp³-hybridized carbons (Fsp3) is 0.333.